The molecule has 0 bridgehead atoms. The van der Waals surface area contributed by atoms with Crippen molar-refractivity contribution in [2.45, 2.75) is 31.6 Å². The van der Waals surface area contributed by atoms with Gasteiger partial charge in [-0.2, -0.15) is 8.42 Å². The molecule has 5 rings (SSSR count). The van der Waals surface area contributed by atoms with Crippen LogP contribution in [-0.4, -0.2) is 47.6 Å². The number of nitrogens with one attached hydrogen (secondary N) is 1. The van der Waals surface area contributed by atoms with Gasteiger partial charge < -0.3 is 9.88 Å². The van der Waals surface area contributed by atoms with Gasteiger partial charge >= 0.3 is 10.3 Å². The summed E-state index contributed by atoms with van der Waals surface area (Å²) in [4.78, 5) is 22.6. The molecule has 1 aliphatic rings. The Morgan fingerprint density at radius 1 is 1.28 bits per heavy atom. The molecule has 0 radical (unpaired) electrons. The number of rotatable bonds is 9. The van der Waals surface area contributed by atoms with Crippen LogP contribution in [-0.2, 0) is 21.0 Å². The summed E-state index contributed by atoms with van der Waals surface area (Å²) in [5, 5.41) is 9.06. The number of alkyl halides is 1. The van der Waals surface area contributed by atoms with Gasteiger partial charge in [-0.1, -0.05) is 18.2 Å². The van der Waals surface area contributed by atoms with E-state index in [-0.39, 0.29) is 36.1 Å². The maximum atomic E-state index is 14.7. The Morgan fingerprint density at radius 2 is 2.11 bits per heavy atom. The minimum absolute atomic E-state index is 0.113. The molecule has 12 heteroatoms. The standard InChI is InChI=1S/C24H24FN5O4S2/c25-20-7-15(13-34-36(26,32)33)8-21(20)29-24-19(10-27-14-28-24)23(31)17-5-6-30(11-17)12-18-9-16-3-1-2-4-22(16)35-18/h1-6,9-11,14-15,20-21H,7-8,12-13H2,(H2,26,32,33)(H,27,28,29)/t15-,20+,21-/m1/s1. The highest BCUT2D eigenvalue weighted by Gasteiger charge is 2.36. The van der Waals surface area contributed by atoms with Gasteiger partial charge in [0.15, 0.2) is 5.78 Å². The zero-order chi connectivity index (χ0) is 25.3. The number of anilines is 1. The van der Waals surface area contributed by atoms with Crippen LogP contribution in [0.25, 0.3) is 10.1 Å². The number of carbonyl (C=O) groups excluding carboxylic acids is 1. The molecule has 0 unspecified atom stereocenters. The van der Waals surface area contributed by atoms with E-state index < -0.39 is 22.5 Å². The molecule has 36 heavy (non-hydrogen) atoms. The number of aromatic nitrogens is 3. The summed E-state index contributed by atoms with van der Waals surface area (Å²) in [6, 6.07) is 11.4. The zero-order valence-corrected chi connectivity index (χ0v) is 20.7. The van der Waals surface area contributed by atoms with E-state index in [1.54, 1.807) is 23.6 Å². The van der Waals surface area contributed by atoms with Crippen molar-refractivity contribution in [3.63, 3.8) is 0 Å². The van der Waals surface area contributed by atoms with Crippen LogP contribution in [0.4, 0.5) is 10.2 Å². The number of hydrogen-bond donors (Lipinski definition) is 2. The van der Waals surface area contributed by atoms with Gasteiger partial charge in [-0.15, -0.1) is 11.3 Å². The lowest BCUT2D eigenvalue weighted by Gasteiger charge is -2.17. The summed E-state index contributed by atoms with van der Waals surface area (Å²) >= 11 is 1.71. The predicted octanol–water partition coefficient (Wildman–Crippen LogP) is 3.52. The summed E-state index contributed by atoms with van der Waals surface area (Å²) in [6.07, 6.45) is 5.47. The molecule has 188 valence electrons. The number of carbonyl (C=O) groups is 1. The van der Waals surface area contributed by atoms with Gasteiger partial charge in [0.1, 0.15) is 18.3 Å². The first-order valence-electron chi connectivity index (χ1n) is 11.3. The monoisotopic (exact) mass is 529 g/mol. The largest absolute Gasteiger partial charge is 0.364 e. The second-order valence-electron chi connectivity index (χ2n) is 8.82. The molecule has 0 saturated heterocycles. The van der Waals surface area contributed by atoms with Crippen molar-refractivity contribution in [2.75, 3.05) is 11.9 Å². The average Bonchev–Trinajstić information content (AvgIpc) is 3.56. The van der Waals surface area contributed by atoms with Crippen LogP contribution in [0.1, 0.15) is 33.6 Å². The van der Waals surface area contributed by atoms with Crippen molar-refractivity contribution in [1.29, 1.82) is 0 Å². The fourth-order valence-corrected chi connectivity index (χ4v) is 5.93. The molecule has 9 nitrogen and oxygen atoms in total. The molecule has 1 fully saturated rings. The Kier molecular flexibility index (Phi) is 6.84. The van der Waals surface area contributed by atoms with Crippen molar-refractivity contribution in [3.05, 3.63) is 77.3 Å². The zero-order valence-electron chi connectivity index (χ0n) is 19.1. The first-order valence-corrected chi connectivity index (χ1v) is 13.6. The van der Waals surface area contributed by atoms with E-state index in [0.717, 1.165) is 0 Å². The molecule has 1 aromatic carbocycles. The van der Waals surface area contributed by atoms with E-state index in [4.69, 9.17) is 5.14 Å². The van der Waals surface area contributed by atoms with Crippen LogP contribution in [0.3, 0.4) is 0 Å². The van der Waals surface area contributed by atoms with Crippen LogP contribution < -0.4 is 10.5 Å². The summed E-state index contributed by atoms with van der Waals surface area (Å²) in [5.74, 6) is -0.386. The Bertz CT molecular complexity index is 1470. The quantitative estimate of drug-likeness (QED) is 0.317. The molecule has 3 N–H and O–H groups in total. The molecule has 1 saturated carbocycles. The topological polar surface area (TPSA) is 129 Å². The predicted molar refractivity (Wildman–Crippen MR) is 135 cm³/mol. The lowest BCUT2D eigenvalue weighted by atomic mass is 10.1. The number of fused-ring (bicyclic) bond motifs is 1. The van der Waals surface area contributed by atoms with Gasteiger partial charge in [0.2, 0.25) is 0 Å². The van der Waals surface area contributed by atoms with E-state index in [1.807, 2.05) is 22.9 Å². The lowest BCUT2D eigenvalue weighted by molar-refractivity contribution is 0.103. The Balaban J connectivity index is 1.28. The number of benzene rings is 1. The van der Waals surface area contributed by atoms with Crippen molar-refractivity contribution in [1.82, 2.24) is 14.5 Å². The molecule has 0 amide bonds. The van der Waals surface area contributed by atoms with E-state index in [1.165, 1.54) is 27.5 Å². The first kappa shape index (κ1) is 24.5. The van der Waals surface area contributed by atoms with Gasteiger partial charge in [-0.25, -0.2) is 19.5 Å². The molecular weight excluding hydrogens is 505 g/mol. The normalized spacial score (nSPS) is 20.1. The fourth-order valence-electron chi connectivity index (χ4n) is 4.47. The maximum absolute atomic E-state index is 14.7. The molecule has 0 spiro atoms. The maximum Gasteiger partial charge on any atom is 0.333 e. The number of thiophene rings is 1. The van der Waals surface area contributed by atoms with Crippen molar-refractivity contribution in [3.8, 4) is 0 Å². The van der Waals surface area contributed by atoms with E-state index in [9.17, 15) is 17.6 Å². The Morgan fingerprint density at radius 3 is 2.92 bits per heavy atom. The van der Waals surface area contributed by atoms with Crippen molar-refractivity contribution >= 4 is 43.3 Å². The third-order valence-corrected chi connectivity index (χ3v) is 7.72. The van der Waals surface area contributed by atoms with Crippen LogP contribution in [0.15, 0.2) is 61.3 Å². The van der Waals surface area contributed by atoms with Gasteiger partial charge in [0, 0.05) is 33.7 Å². The van der Waals surface area contributed by atoms with Gasteiger partial charge in [0.25, 0.3) is 0 Å². The van der Waals surface area contributed by atoms with Gasteiger partial charge in [0.05, 0.1) is 24.8 Å². The van der Waals surface area contributed by atoms with E-state index in [2.05, 4.69) is 37.7 Å². The van der Waals surface area contributed by atoms with Gasteiger partial charge in [-0.05, 0) is 42.3 Å². The van der Waals surface area contributed by atoms with Crippen LogP contribution in [0.5, 0.6) is 0 Å². The molecular formula is C24H24FN5O4S2. The summed E-state index contributed by atoms with van der Waals surface area (Å²) in [7, 11) is -4.09. The van der Waals surface area contributed by atoms with Crippen LogP contribution in [0, 0.1) is 5.92 Å². The SMILES string of the molecule is NS(=O)(=O)OC[C@@H]1C[C@H](F)[C@H](Nc2ncncc2C(=O)c2ccn(Cc3cc4ccccc4s3)c2)C1. The number of halogens is 1. The summed E-state index contributed by atoms with van der Waals surface area (Å²) in [6.45, 7) is 0.441. The van der Waals surface area contributed by atoms with Crippen LogP contribution >= 0.6 is 11.3 Å². The third-order valence-electron chi connectivity index (χ3n) is 6.16. The second kappa shape index (κ2) is 10.1. The Hall–Kier alpha value is -3.19. The highest BCUT2D eigenvalue weighted by Crippen LogP contribution is 2.32. The molecule has 3 heterocycles. The highest BCUT2D eigenvalue weighted by atomic mass is 32.2. The molecule has 1 aliphatic carbocycles. The molecule has 3 aromatic heterocycles. The lowest BCUT2D eigenvalue weighted by Crippen LogP contribution is -2.27. The summed E-state index contributed by atoms with van der Waals surface area (Å²) < 4.78 is 44.5. The van der Waals surface area contributed by atoms with E-state index >= 15 is 0 Å². The first-order chi connectivity index (χ1) is 17.2. The highest BCUT2D eigenvalue weighted by molar-refractivity contribution is 7.84. The molecule has 4 aromatic rings. The minimum atomic E-state index is -4.09. The fraction of sp³-hybridized carbons (Fsp3) is 0.292. The number of hydrogen-bond acceptors (Lipinski definition) is 8. The third kappa shape index (κ3) is 5.62. The summed E-state index contributed by atoms with van der Waals surface area (Å²) in [5.41, 5.74) is 0.699. The number of nitrogens with two attached hydrogens (primary N) is 1. The molecule has 0 aliphatic heterocycles. The smallest absolute Gasteiger partial charge is 0.333 e. The number of ketones is 1. The number of nitrogens with zero attached hydrogens (tertiary/aromatic N) is 3. The van der Waals surface area contributed by atoms with Gasteiger partial charge in [-0.3, -0.25) is 8.98 Å². The minimum Gasteiger partial charge on any atom is -0.364 e. The van der Waals surface area contributed by atoms with Crippen molar-refractivity contribution in [2.24, 2.45) is 11.1 Å². The Labute approximate surface area is 211 Å². The average molecular weight is 530 g/mol. The van der Waals surface area contributed by atoms with Crippen LogP contribution in [0.2, 0.25) is 0 Å². The molecule has 3 atom stereocenters. The second-order valence-corrected chi connectivity index (χ2v) is 11.2. The van der Waals surface area contributed by atoms with E-state index in [0.29, 0.717) is 18.5 Å². The van der Waals surface area contributed by atoms with Crippen molar-refractivity contribution < 1.29 is 21.8 Å².